The lowest BCUT2D eigenvalue weighted by Gasteiger charge is -2.19. The monoisotopic (exact) mass is 331 g/mol. The predicted molar refractivity (Wildman–Crippen MR) is 87.0 cm³/mol. The third kappa shape index (κ3) is 3.55. The Morgan fingerprint density at radius 1 is 1.30 bits per heavy atom. The molecular weight excluding hydrogens is 313 g/mol. The summed E-state index contributed by atoms with van der Waals surface area (Å²) >= 11 is 14.0. The Kier molecular flexibility index (Phi) is 5.90. The van der Waals surface area contributed by atoms with Crippen LogP contribution >= 0.6 is 34.5 Å². The summed E-state index contributed by atoms with van der Waals surface area (Å²) < 4.78 is 2.78. The Morgan fingerprint density at radius 3 is 2.70 bits per heavy atom. The molecule has 0 aromatic carbocycles. The second kappa shape index (κ2) is 7.46. The number of halogens is 2. The molecule has 2 rings (SSSR count). The normalized spacial score (nSPS) is 12.8. The molecule has 0 aliphatic heterocycles. The van der Waals surface area contributed by atoms with Crippen molar-refractivity contribution in [2.45, 2.75) is 39.3 Å². The number of hydrogen-bond donors (Lipinski definition) is 1. The van der Waals surface area contributed by atoms with E-state index >= 15 is 0 Å². The summed E-state index contributed by atoms with van der Waals surface area (Å²) in [6.07, 6.45) is 3.81. The van der Waals surface area contributed by atoms with Gasteiger partial charge in [-0.05, 0) is 31.5 Å². The molecule has 6 heteroatoms. The molecule has 110 valence electrons. The molecule has 3 nitrogen and oxygen atoms in total. The number of nitrogens with one attached hydrogen (secondary N) is 1. The number of aromatic nitrogens is 2. The Morgan fingerprint density at radius 2 is 2.10 bits per heavy atom. The zero-order valence-electron chi connectivity index (χ0n) is 11.7. The summed E-state index contributed by atoms with van der Waals surface area (Å²) in [6.45, 7) is 6.07. The molecule has 1 unspecified atom stereocenters. The van der Waals surface area contributed by atoms with Gasteiger partial charge in [0.05, 0.1) is 27.3 Å². The smallest absolute Gasteiger partial charge is 0.0931 e. The van der Waals surface area contributed by atoms with Gasteiger partial charge >= 0.3 is 0 Å². The van der Waals surface area contributed by atoms with Crippen molar-refractivity contribution < 1.29 is 0 Å². The van der Waals surface area contributed by atoms with Gasteiger partial charge in [0.2, 0.25) is 0 Å². The van der Waals surface area contributed by atoms with Crippen molar-refractivity contribution in [1.29, 1.82) is 0 Å². The van der Waals surface area contributed by atoms with E-state index in [-0.39, 0.29) is 6.04 Å². The van der Waals surface area contributed by atoms with Gasteiger partial charge in [-0.3, -0.25) is 4.68 Å². The minimum atomic E-state index is 0.0500. The molecule has 2 aromatic heterocycles. The molecule has 1 N–H and O–H groups in total. The second-order valence-electron chi connectivity index (χ2n) is 4.63. The first-order valence-electron chi connectivity index (χ1n) is 6.87. The van der Waals surface area contributed by atoms with E-state index in [1.807, 2.05) is 10.7 Å². The van der Waals surface area contributed by atoms with Crippen LogP contribution in [-0.2, 0) is 6.54 Å². The van der Waals surface area contributed by atoms with Crippen LogP contribution in [0.15, 0.2) is 18.3 Å². The molecule has 20 heavy (non-hydrogen) atoms. The lowest BCUT2D eigenvalue weighted by Crippen LogP contribution is -2.25. The van der Waals surface area contributed by atoms with Gasteiger partial charge in [0.15, 0.2) is 0 Å². The minimum absolute atomic E-state index is 0.0500. The largest absolute Gasteiger partial charge is 0.304 e. The number of hydrogen-bond acceptors (Lipinski definition) is 3. The summed E-state index contributed by atoms with van der Waals surface area (Å²) in [4.78, 5) is 1.17. The molecule has 0 saturated carbocycles. The van der Waals surface area contributed by atoms with Crippen LogP contribution < -0.4 is 5.32 Å². The summed E-state index contributed by atoms with van der Waals surface area (Å²) in [5.41, 5.74) is 1.03. The molecule has 0 bridgehead atoms. The highest BCUT2D eigenvalue weighted by Gasteiger charge is 2.22. The van der Waals surface area contributed by atoms with Gasteiger partial charge in [-0.1, -0.05) is 37.0 Å². The van der Waals surface area contributed by atoms with Crippen LogP contribution in [0.3, 0.4) is 0 Å². The fourth-order valence-corrected chi connectivity index (χ4v) is 3.54. The summed E-state index contributed by atoms with van der Waals surface area (Å²) in [6, 6.07) is 4.03. The topological polar surface area (TPSA) is 29.9 Å². The van der Waals surface area contributed by atoms with E-state index in [9.17, 15) is 0 Å². The van der Waals surface area contributed by atoms with Crippen molar-refractivity contribution >= 4 is 34.5 Å². The first-order chi connectivity index (χ1) is 9.67. The molecule has 0 radical (unpaired) electrons. The van der Waals surface area contributed by atoms with Crippen LogP contribution in [0.5, 0.6) is 0 Å². The molecule has 0 aliphatic rings. The maximum atomic E-state index is 6.36. The lowest BCUT2D eigenvalue weighted by atomic mass is 10.1. The quantitative estimate of drug-likeness (QED) is 0.793. The van der Waals surface area contributed by atoms with Crippen LogP contribution in [0.1, 0.15) is 43.3 Å². The zero-order chi connectivity index (χ0) is 14.5. The van der Waals surface area contributed by atoms with Crippen molar-refractivity contribution in [2.24, 2.45) is 0 Å². The van der Waals surface area contributed by atoms with Gasteiger partial charge in [0, 0.05) is 11.4 Å². The molecule has 0 fully saturated rings. The Balaban J connectivity index is 2.37. The third-order valence-electron chi connectivity index (χ3n) is 3.02. The van der Waals surface area contributed by atoms with Gasteiger partial charge in [-0.15, -0.1) is 11.3 Å². The van der Waals surface area contributed by atoms with Crippen LogP contribution in [0.2, 0.25) is 9.36 Å². The number of nitrogens with zero attached hydrogens (tertiary/aromatic N) is 2. The molecule has 0 spiro atoms. The van der Waals surface area contributed by atoms with Gasteiger partial charge in [-0.2, -0.15) is 5.10 Å². The molecule has 0 saturated heterocycles. The summed E-state index contributed by atoms with van der Waals surface area (Å²) in [5.74, 6) is 0. The van der Waals surface area contributed by atoms with Crippen LogP contribution in [0.25, 0.3) is 0 Å². The van der Waals surface area contributed by atoms with Crippen molar-refractivity contribution in [3.8, 4) is 0 Å². The van der Waals surface area contributed by atoms with Crippen LogP contribution in [-0.4, -0.2) is 16.3 Å². The molecule has 0 aliphatic carbocycles. The Hall–Kier alpha value is -0.550. The van der Waals surface area contributed by atoms with Crippen molar-refractivity contribution in [1.82, 2.24) is 15.1 Å². The number of thiophene rings is 1. The molecule has 2 aromatic rings. The maximum absolute atomic E-state index is 6.36. The average Bonchev–Trinajstić information content (AvgIpc) is 3.00. The Bertz CT molecular complexity index is 550. The molecular formula is C14H19Cl2N3S. The highest BCUT2D eigenvalue weighted by Crippen LogP contribution is 2.34. The van der Waals surface area contributed by atoms with Crippen molar-refractivity contribution in [2.75, 3.05) is 6.54 Å². The molecule has 0 amide bonds. The van der Waals surface area contributed by atoms with E-state index in [1.54, 1.807) is 17.5 Å². The third-order valence-corrected chi connectivity index (χ3v) is 4.61. The molecule has 2 heterocycles. The molecule has 1 atom stereocenters. The van der Waals surface area contributed by atoms with Gasteiger partial charge in [0.25, 0.3) is 0 Å². The SMILES string of the molecule is CCCNC(c1ccc(Cl)s1)c1c(Cl)cnn1CCC. The minimum Gasteiger partial charge on any atom is -0.304 e. The van der Waals surface area contributed by atoms with E-state index in [2.05, 4.69) is 30.3 Å². The van der Waals surface area contributed by atoms with E-state index in [4.69, 9.17) is 23.2 Å². The average molecular weight is 332 g/mol. The van der Waals surface area contributed by atoms with E-state index in [1.165, 1.54) is 4.88 Å². The standard InChI is InChI=1S/C14H19Cl2N3S/c1-3-7-17-13(11-5-6-12(16)20-11)14-10(15)9-18-19(14)8-4-2/h5-6,9,13,17H,3-4,7-8H2,1-2H3. The fraction of sp³-hybridized carbons (Fsp3) is 0.500. The fourth-order valence-electron chi connectivity index (χ4n) is 2.15. The van der Waals surface area contributed by atoms with Crippen LogP contribution in [0, 0.1) is 0 Å². The van der Waals surface area contributed by atoms with Crippen LogP contribution in [0.4, 0.5) is 0 Å². The Labute approximate surface area is 133 Å². The predicted octanol–water partition coefficient (Wildman–Crippen LogP) is 4.75. The van der Waals surface area contributed by atoms with Crippen molar-refractivity contribution in [3.63, 3.8) is 0 Å². The van der Waals surface area contributed by atoms with E-state index < -0.39 is 0 Å². The highest BCUT2D eigenvalue weighted by molar-refractivity contribution is 7.16. The summed E-state index contributed by atoms with van der Waals surface area (Å²) in [7, 11) is 0. The van der Waals surface area contributed by atoms with Gasteiger partial charge in [0.1, 0.15) is 0 Å². The van der Waals surface area contributed by atoms with Crippen molar-refractivity contribution in [3.05, 3.63) is 38.3 Å². The second-order valence-corrected chi connectivity index (χ2v) is 6.78. The summed E-state index contributed by atoms with van der Waals surface area (Å²) in [5, 5.41) is 8.64. The van der Waals surface area contributed by atoms with Gasteiger partial charge in [-0.25, -0.2) is 0 Å². The van der Waals surface area contributed by atoms with E-state index in [0.717, 1.165) is 36.0 Å². The maximum Gasteiger partial charge on any atom is 0.0931 e. The zero-order valence-corrected chi connectivity index (χ0v) is 14.0. The lowest BCUT2D eigenvalue weighted by molar-refractivity contribution is 0.515. The first kappa shape index (κ1) is 15.8. The number of aryl methyl sites for hydroxylation is 1. The highest BCUT2D eigenvalue weighted by atomic mass is 35.5. The number of rotatable bonds is 7. The van der Waals surface area contributed by atoms with E-state index in [0.29, 0.717) is 5.02 Å². The van der Waals surface area contributed by atoms with Gasteiger partial charge < -0.3 is 5.32 Å². The first-order valence-corrected chi connectivity index (χ1v) is 8.44.